The van der Waals surface area contributed by atoms with Crippen LogP contribution in [0.1, 0.15) is 26.2 Å². The molecule has 3 nitrogen and oxygen atoms in total. The lowest BCUT2D eigenvalue weighted by atomic mass is 10.1. The average Bonchev–Trinajstić information content (AvgIpc) is 2.57. The predicted molar refractivity (Wildman–Crippen MR) is 50.7 cm³/mol. The Morgan fingerprint density at radius 1 is 1.62 bits per heavy atom. The van der Waals surface area contributed by atoms with Crippen LogP contribution in [0.15, 0.2) is 0 Å². The van der Waals surface area contributed by atoms with Gasteiger partial charge in [-0.05, 0) is 12.8 Å². The summed E-state index contributed by atoms with van der Waals surface area (Å²) in [6.45, 7) is 4.97. The zero-order chi connectivity index (χ0) is 9.52. The normalized spacial score (nSPS) is 24.9. The topological polar surface area (TPSA) is 38.7 Å². The Labute approximate surface area is 80.0 Å². The van der Waals surface area contributed by atoms with Crippen molar-refractivity contribution in [1.82, 2.24) is 0 Å². The highest BCUT2D eigenvalue weighted by Gasteiger charge is 2.15. The third-order valence-electron chi connectivity index (χ3n) is 2.31. The molecule has 1 saturated heterocycles. The Morgan fingerprint density at radius 2 is 2.46 bits per heavy atom. The summed E-state index contributed by atoms with van der Waals surface area (Å²) in [6, 6.07) is 0. The minimum Gasteiger partial charge on any atom is -0.391 e. The van der Waals surface area contributed by atoms with Gasteiger partial charge in [0.1, 0.15) is 0 Å². The van der Waals surface area contributed by atoms with E-state index in [-0.39, 0.29) is 6.10 Å². The third-order valence-corrected chi connectivity index (χ3v) is 2.31. The van der Waals surface area contributed by atoms with Gasteiger partial charge in [-0.1, -0.05) is 13.3 Å². The second kappa shape index (κ2) is 6.35. The zero-order valence-electron chi connectivity index (χ0n) is 8.37. The smallest absolute Gasteiger partial charge is 0.0773 e. The van der Waals surface area contributed by atoms with Crippen molar-refractivity contribution < 1.29 is 14.6 Å². The fourth-order valence-electron chi connectivity index (χ4n) is 1.50. The van der Waals surface area contributed by atoms with Crippen molar-refractivity contribution in [2.24, 2.45) is 5.92 Å². The Balaban J connectivity index is 1.93. The molecule has 1 rings (SSSR count). The predicted octanol–water partition coefficient (Wildman–Crippen LogP) is 1.20. The van der Waals surface area contributed by atoms with Gasteiger partial charge in [0.25, 0.3) is 0 Å². The van der Waals surface area contributed by atoms with E-state index >= 15 is 0 Å². The van der Waals surface area contributed by atoms with Gasteiger partial charge in [0.05, 0.1) is 25.9 Å². The van der Waals surface area contributed by atoms with E-state index in [0.29, 0.717) is 12.5 Å². The molecule has 78 valence electrons. The molecular formula is C10H20O3. The van der Waals surface area contributed by atoms with Gasteiger partial charge in [-0.2, -0.15) is 0 Å². The summed E-state index contributed by atoms with van der Waals surface area (Å²) in [7, 11) is 0. The number of hydrogen-bond donors (Lipinski definition) is 1. The second-order valence-corrected chi connectivity index (χ2v) is 3.71. The fraction of sp³-hybridized carbons (Fsp3) is 1.00. The molecule has 0 aromatic rings. The van der Waals surface area contributed by atoms with Crippen LogP contribution < -0.4 is 0 Å². The second-order valence-electron chi connectivity index (χ2n) is 3.71. The molecule has 0 saturated carbocycles. The highest BCUT2D eigenvalue weighted by Crippen LogP contribution is 2.12. The van der Waals surface area contributed by atoms with Gasteiger partial charge in [0.15, 0.2) is 0 Å². The van der Waals surface area contributed by atoms with Crippen LogP contribution in [0.25, 0.3) is 0 Å². The largest absolute Gasteiger partial charge is 0.391 e. The van der Waals surface area contributed by atoms with Gasteiger partial charge in [-0.3, -0.25) is 0 Å². The summed E-state index contributed by atoms with van der Waals surface area (Å²) >= 11 is 0. The maximum Gasteiger partial charge on any atom is 0.0773 e. The van der Waals surface area contributed by atoms with Crippen LogP contribution >= 0.6 is 0 Å². The molecule has 0 bridgehead atoms. The summed E-state index contributed by atoms with van der Waals surface area (Å²) in [6.07, 6.45) is 2.66. The molecule has 0 aromatic heterocycles. The maximum atomic E-state index is 9.37. The van der Waals surface area contributed by atoms with E-state index in [4.69, 9.17) is 9.47 Å². The zero-order valence-corrected chi connectivity index (χ0v) is 8.37. The molecule has 1 aliphatic rings. The Bertz CT molecular complexity index is 121. The highest BCUT2D eigenvalue weighted by molar-refractivity contribution is 4.63. The van der Waals surface area contributed by atoms with Crippen LogP contribution in [-0.4, -0.2) is 37.6 Å². The lowest BCUT2D eigenvalue weighted by molar-refractivity contribution is 0.0157. The summed E-state index contributed by atoms with van der Waals surface area (Å²) in [5.41, 5.74) is 0. The van der Waals surface area contributed by atoms with E-state index in [0.717, 1.165) is 39.1 Å². The molecule has 13 heavy (non-hydrogen) atoms. The van der Waals surface area contributed by atoms with Crippen molar-refractivity contribution in [3.63, 3.8) is 0 Å². The monoisotopic (exact) mass is 188 g/mol. The van der Waals surface area contributed by atoms with Crippen molar-refractivity contribution in [1.29, 1.82) is 0 Å². The first kappa shape index (κ1) is 11.0. The lowest BCUT2D eigenvalue weighted by Crippen LogP contribution is -2.18. The molecule has 1 N–H and O–H groups in total. The van der Waals surface area contributed by atoms with Crippen LogP contribution in [0.2, 0.25) is 0 Å². The first-order chi connectivity index (χ1) is 6.33. The van der Waals surface area contributed by atoms with Crippen molar-refractivity contribution in [3.8, 4) is 0 Å². The van der Waals surface area contributed by atoms with Crippen molar-refractivity contribution in [2.75, 3.05) is 26.4 Å². The summed E-state index contributed by atoms with van der Waals surface area (Å²) in [5.74, 6) is 0.550. The van der Waals surface area contributed by atoms with Crippen LogP contribution in [-0.2, 0) is 9.47 Å². The molecule has 3 heteroatoms. The molecule has 1 aliphatic heterocycles. The molecule has 1 fully saturated rings. The van der Waals surface area contributed by atoms with Crippen molar-refractivity contribution in [2.45, 2.75) is 32.3 Å². The van der Waals surface area contributed by atoms with Crippen LogP contribution in [0.5, 0.6) is 0 Å². The molecule has 2 atom stereocenters. The molecule has 0 spiro atoms. The maximum absolute atomic E-state index is 9.37. The minimum atomic E-state index is -0.285. The quantitative estimate of drug-likeness (QED) is 0.680. The molecule has 0 aromatic carbocycles. The fourth-order valence-corrected chi connectivity index (χ4v) is 1.50. The van der Waals surface area contributed by atoms with E-state index in [9.17, 15) is 5.11 Å². The summed E-state index contributed by atoms with van der Waals surface area (Å²) < 4.78 is 10.6. The molecule has 0 aliphatic carbocycles. The summed E-state index contributed by atoms with van der Waals surface area (Å²) in [5, 5.41) is 9.37. The van der Waals surface area contributed by atoms with Gasteiger partial charge in [-0.25, -0.2) is 0 Å². The first-order valence-electron chi connectivity index (χ1n) is 5.16. The minimum absolute atomic E-state index is 0.285. The Hall–Kier alpha value is -0.120. The van der Waals surface area contributed by atoms with Crippen molar-refractivity contribution in [3.05, 3.63) is 0 Å². The van der Waals surface area contributed by atoms with Gasteiger partial charge >= 0.3 is 0 Å². The Kier molecular flexibility index (Phi) is 5.35. The highest BCUT2D eigenvalue weighted by atomic mass is 16.5. The molecule has 2 unspecified atom stereocenters. The number of rotatable bonds is 6. The number of ether oxygens (including phenoxy) is 2. The van der Waals surface area contributed by atoms with Gasteiger partial charge < -0.3 is 14.6 Å². The number of hydrogen-bond acceptors (Lipinski definition) is 3. The SMILES string of the molecule is CCCC(O)COCC1CCOC1. The number of aliphatic hydroxyl groups excluding tert-OH is 1. The van der Waals surface area contributed by atoms with E-state index in [2.05, 4.69) is 6.92 Å². The summed E-state index contributed by atoms with van der Waals surface area (Å²) in [4.78, 5) is 0. The molecular weight excluding hydrogens is 168 g/mol. The standard InChI is InChI=1S/C10H20O3/c1-2-3-10(11)8-13-7-9-4-5-12-6-9/h9-11H,2-8H2,1H3. The van der Waals surface area contributed by atoms with E-state index < -0.39 is 0 Å². The van der Waals surface area contributed by atoms with E-state index in [1.54, 1.807) is 0 Å². The van der Waals surface area contributed by atoms with Gasteiger partial charge in [0, 0.05) is 12.5 Å². The van der Waals surface area contributed by atoms with Crippen molar-refractivity contribution >= 4 is 0 Å². The Morgan fingerprint density at radius 3 is 3.08 bits per heavy atom. The van der Waals surface area contributed by atoms with Gasteiger partial charge in [0.2, 0.25) is 0 Å². The number of aliphatic hydroxyl groups is 1. The van der Waals surface area contributed by atoms with E-state index in [1.165, 1.54) is 0 Å². The van der Waals surface area contributed by atoms with Crippen LogP contribution in [0.4, 0.5) is 0 Å². The lowest BCUT2D eigenvalue weighted by Gasteiger charge is -2.12. The van der Waals surface area contributed by atoms with E-state index in [1.807, 2.05) is 0 Å². The third kappa shape index (κ3) is 4.60. The molecule has 0 amide bonds. The molecule has 0 radical (unpaired) electrons. The average molecular weight is 188 g/mol. The van der Waals surface area contributed by atoms with Gasteiger partial charge in [-0.15, -0.1) is 0 Å². The molecule has 1 heterocycles. The van der Waals surface area contributed by atoms with Crippen LogP contribution in [0.3, 0.4) is 0 Å². The van der Waals surface area contributed by atoms with Crippen LogP contribution in [0, 0.1) is 5.92 Å². The first-order valence-corrected chi connectivity index (χ1v) is 5.16.